The average molecular weight is 381 g/mol. The fourth-order valence-electron chi connectivity index (χ4n) is 3.08. The number of benzene rings is 1. The molecule has 9 heteroatoms. The summed E-state index contributed by atoms with van der Waals surface area (Å²) < 4.78 is 35.5. The largest absolute Gasteiger partial charge is 0.454 e. The quantitative estimate of drug-likeness (QED) is 0.715. The number of hydrogen-bond donors (Lipinski definition) is 1. The monoisotopic (exact) mass is 381 g/mol. The molecule has 0 spiro atoms. The van der Waals surface area contributed by atoms with Crippen LogP contribution in [0.3, 0.4) is 0 Å². The molecule has 2 aliphatic rings. The summed E-state index contributed by atoms with van der Waals surface area (Å²) in [4.78, 5) is 14.5. The third kappa shape index (κ3) is 3.84. The van der Waals surface area contributed by atoms with E-state index in [9.17, 15) is 13.2 Å². The van der Waals surface area contributed by atoms with Crippen molar-refractivity contribution in [2.45, 2.75) is 12.1 Å². The van der Waals surface area contributed by atoms with Gasteiger partial charge in [0.25, 0.3) is 0 Å². The molecule has 1 aromatic rings. The van der Waals surface area contributed by atoms with Crippen LogP contribution < -0.4 is 14.8 Å². The van der Waals surface area contributed by atoms with E-state index in [1.165, 1.54) is 4.31 Å². The normalized spacial score (nSPS) is 20.5. The van der Waals surface area contributed by atoms with Crippen LogP contribution in [0.5, 0.6) is 11.5 Å². The number of fused-ring (bicyclic) bond motifs is 1. The molecule has 0 unspecified atom stereocenters. The van der Waals surface area contributed by atoms with Crippen LogP contribution in [0.25, 0.3) is 0 Å². The molecule has 2 atom stereocenters. The predicted octanol–water partition coefficient (Wildman–Crippen LogP) is 0.334. The van der Waals surface area contributed by atoms with E-state index in [0.717, 1.165) is 11.8 Å². The van der Waals surface area contributed by atoms with Crippen molar-refractivity contribution in [3.63, 3.8) is 0 Å². The van der Waals surface area contributed by atoms with Gasteiger partial charge in [-0.3, -0.25) is 4.79 Å². The first-order valence-electron chi connectivity index (χ1n) is 8.24. The van der Waals surface area contributed by atoms with Crippen molar-refractivity contribution in [3.8, 4) is 11.5 Å². The molecule has 3 rings (SSSR count). The number of carbonyl (C=O) groups is 1. The summed E-state index contributed by atoms with van der Waals surface area (Å²) >= 11 is 0. The first-order valence-corrected chi connectivity index (χ1v) is 10.1. The molecular weight excluding hydrogens is 358 g/mol. The van der Waals surface area contributed by atoms with E-state index in [4.69, 9.17) is 9.47 Å². The van der Waals surface area contributed by atoms with Crippen LogP contribution in [0.1, 0.15) is 11.6 Å². The Morgan fingerprint density at radius 1 is 1.35 bits per heavy atom. The molecular formula is C17H23N3O5S. The number of nitrogens with zero attached hydrogens (tertiary/aromatic N) is 2. The van der Waals surface area contributed by atoms with Crippen molar-refractivity contribution in [1.82, 2.24) is 14.5 Å². The van der Waals surface area contributed by atoms with E-state index in [0.29, 0.717) is 18.0 Å². The van der Waals surface area contributed by atoms with Gasteiger partial charge in [-0.25, -0.2) is 8.42 Å². The van der Waals surface area contributed by atoms with Gasteiger partial charge in [-0.15, -0.1) is 0 Å². The lowest BCUT2D eigenvalue weighted by Gasteiger charge is -2.27. The molecule has 142 valence electrons. The Morgan fingerprint density at radius 2 is 2.08 bits per heavy atom. The summed E-state index contributed by atoms with van der Waals surface area (Å²) in [7, 11) is 0.391. The highest BCUT2D eigenvalue weighted by atomic mass is 32.2. The van der Waals surface area contributed by atoms with Gasteiger partial charge in [-0.2, -0.15) is 4.31 Å². The highest BCUT2D eigenvalue weighted by molar-refractivity contribution is 7.88. The van der Waals surface area contributed by atoms with Crippen LogP contribution >= 0.6 is 0 Å². The molecule has 2 heterocycles. The van der Waals surface area contributed by atoms with E-state index >= 15 is 0 Å². The third-order valence-corrected chi connectivity index (χ3v) is 5.71. The number of amides is 1. The fourth-order valence-corrected chi connectivity index (χ4v) is 4.02. The second-order valence-corrected chi connectivity index (χ2v) is 8.48. The van der Waals surface area contributed by atoms with Gasteiger partial charge in [0.2, 0.25) is 22.7 Å². The van der Waals surface area contributed by atoms with E-state index in [1.54, 1.807) is 12.2 Å². The lowest BCUT2D eigenvalue weighted by Crippen LogP contribution is -2.47. The topological polar surface area (TPSA) is 88.2 Å². The Bertz CT molecular complexity index is 822. The molecule has 0 fully saturated rings. The van der Waals surface area contributed by atoms with Gasteiger partial charge in [0.1, 0.15) is 6.04 Å². The molecule has 8 nitrogen and oxygen atoms in total. The number of ether oxygens (including phenoxy) is 2. The molecule has 26 heavy (non-hydrogen) atoms. The zero-order chi connectivity index (χ0) is 18.9. The van der Waals surface area contributed by atoms with Gasteiger partial charge in [0.15, 0.2) is 11.5 Å². The van der Waals surface area contributed by atoms with Crippen LogP contribution in [-0.2, 0) is 14.8 Å². The standard InChI is InChI=1S/C17H23N3O5S/c1-19(2)14(12-6-7-15-16(9-12)25-11-24-15)10-18-17(21)13-5-4-8-20(13)26(3,22)23/h4-7,9,13-14H,8,10-11H2,1-3H3,(H,18,21)/t13-,14-/m0/s1. The molecule has 2 aliphatic heterocycles. The van der Waals surface area contributed by atoms with Gasteiger partial charge in [0, 0.05) is 13.1 Å². The van der Waals surface area contributed by atoms with E-state index in [1.807, 2.05) is 37.2 Å². The molecule has 0 aliphatic carbocycles. The minimum atomic E-state index is -3.44. The third-order valence-electron chi connectivity index (χ3n) is 4.48. The van der Waals surface area contributed by atoms with Crippen LogP contribution in [0.15, 0.2) is 30.4 Å². The van der Waals surface area contributed by atoms with E-state index in [-0.39, 0.29) is 25.3 Å². The molecule has 1 amide bonds. The zero-order valence-electron chi connectivity index (χ0n) is 15.0. The maximum Gasteiger partial charge on any atom is 0.242 e. The Morgan fingerprint density at radius 3 is 2.77 bits per heavy atom. The van der Waals surface area contributed by atoms with Gasteiger partial charge >= 0.3 is 0 Å². The van der Waals surface area contributed by atoms with Crippen molar-refractivity contribution >= 4 is 15.9 Å². The van der Waals surface area contributed by atoms with Crippen LogP contribution in [0.2, 0.25) is 0 Å². The molecule has 0 aromatic heterocycles. The summed E-state index contributed by atoms with van der Waals surface area (Å²) in [6.45, 7) is 0.765. The van der Waals surface area contributed by atoms with E-state index in [2.05, 4.69) is 5.32 Å². The summed E-state index contributed by atoms with van der Waals surface area (Å²) in [6, 6.07) is 4.79. The van der Waals surface area contributed by atoms with Crippen LogP contribution in [-0.4, -0.2) is 69.8 Å². The summed E-state index contributed by atoms with van der Waals surface area (Å²) in [5, 5.41) is 2.86. The summed E-state index contributed by atoms with van der Waals surface area (Å²) in [5.74, 6) is 1.05. The van der Waals surface area contributed by atoms with Crippen molar-refractivity contribution in [2.24, 2.45) is 0 Å². The molecule has 0 saturated heterocycles. The van der Waals surface area contributed by atoms with Gasteiger partial charge in [0.05, 0.1) is 12.3 Å². The maximum absolute atomic E-state index is 12.5. The van der Waals surface area contributed by atoms with Gasteiger partial charge < -0.3 is 19.7 Å². The Labute approximate surface area is 153 Å². The predicted molar refractivity (Wildman–Crippen MR) is 96.5 cm³/mol. The Balaban J connectivity index is 1.69. The summed E-state index contributed by atoms with van der Waals surface area (Å²) in [5.41, 5.74) is 0.974. The molecule has 0 radical (unpaired) electrons. The molecule has 0 bridgehead atoms. The Hall–Kier alpha value is -2.10. The minimum Gasteiger partial charge on any atom is -0.454 e. The fraction of sp³-hybridized carbons (Fsp3) is 0.471. The van der Waals surface area contributed by atoms with Gasteiger partial charge in [-0.05, 0) is 31.8 Å². The lowest BCUT2D eigenvalue weighted by atomic mass is 10.0. The van der Waals surface area contributed by atoms with Crippen LogP contribution in [0, 0.1) is 0 Å². The number of rotatable bonds is 6. The first kappa shape index (κ1) is 18.7. The SMILES string of the molecule is CN(C)[C@@H](CNC(=O)[C@@H]1C=CCN1S(C)(=O)=O)c1ccc2c(c1)OCO2. The minimum absolute atomic E-state index is 0.0921. The number of likely N-dealkylation sites (N-methyl/N-ethyl adjacent to an activating group) is 1. The summed E-state index contributed by atoms with van der Waals surface area (Å²) in [6.07, 6.45) is 4.41. The van der Waals surface area contributed by atoms with Crippen molar-refractivity contribution < 1.29 is 22.7 Å². The molecule has 1 aromatic carbocycles. The van der Waals surface area contributed by atoms with Crippen molar-refractivity contribution in [3.05, 3.63) is 35.9 Å². The van der Waals surface area contributed by atoms with Gasteiger partial charge in [-0.1, -0.05) is 18.2 Å². The molecule has 0 saturated carbocycles. The van der Waals surface area contributed by atoms with E-state index < -0.39 is 16.1 Å². The Kier molecular flexibility index (Phi) is 5.22. The van der Waals surface area contributed by atoms with Crippen LogP contribution in [0.4, 0.5) is 0 Å². The first-order chi connectivity index (χ1) is 12.3. The maximum atomic E-state index is 12.5. The number of sulfonamides is 1. The second-order valence-electron chi connectivity index (χ2n) is 6.54. The van der Waals surface area contributed by atoms with Crippen molar-refractivity contribution in [1.29, 1.82) is 0 Å². The number of carbonyl (C=O) groups excluding carboxylic acids is 1. The smallest absolute Gasteiger partial charge is 0.242 e. The number of nitrogens with one attached hydrogen (secondary N) is 1. The lowest BCUT2D eigenvalue weighted by molar-refractivity contribution is -0.123. The second kappa shape index (κ2) is 7.26. The molecule has 1 N–H and O–H groups in total. The highest BCUT2D eigenvalue weighted by Gasteiger charge is 2.33. The number of hydrogen-bond acceptors (Lipinski definition) is 6. The highest BCUT2D eigenvalue weighted by Crippen LogP contribution is 2.35. The zero-order valence-corrected chi connectivity index (χ0v) is 15.8. The van der Waals surface area contributed by atoms with Crippen molar-refractivity contribution in [2.75, 3.05) is 40.2 Å². The average Bonchev–Trinajstić information content (AvgIpc) is 3.22.